The van der Waals surface area contributed by atoms with E-state index in [4.69, 9.17) is 5.84 Å². The van der Waals surface area contributed by atoms with Gasteiger partial charge < -0.3 is 5.32 Å². The Hall–Kier alpha value is -1.55. The molecule has 4 heteroatoms. The highest BCUT2D eigenvalue weighted by Gasteiger charge is 2.20. The summed E-state index contributed by atoms with van der Waals surface area (Å²) < 4.78 is 0. The van der Waals surface area contributed by atoms with E-state index in [1.54, 1.807) is 0 Å². The van der Waals surface area contributed by atoms with Crippen molar-refractivity contribution in [2.24, 2.45) is 5.84 Å². The van der Waals surface area contributed by atoms with Crippen LogP contribution in [0.2, 0.25) is 0 Å². The molecule has 0 unspecified atom stereocenters. The summed E-state index contributed by atoms with van der Waals surface area (Å²) in [5.74, 6) is 5.02. The van der Waals surface area contributed by atoms with Crippen molar-refractivity contribution in [3.8, 4) is 0 Å². The standard InChI is InChI=1S/C13H21N3O/c1-4-10-5-7-11(8-6-10)13(2,3)9-15-12(17)16-14/h5-8H,4,9,14H2,1-3H3,(H2,15,16,17). The first-order valence-corrected chi connectivity index (χ1v) is 5.83. The molecule has 94 valence electrons. The third-order valence-electron chi connectivity index (χ3n) is 2.97. The van der Waals surface area contributed by atoms with E-state index in [0.717, 1.165) is 6.42 Å². The molecule has 0 aliphatic heterocycles. The lowest BCUT2D eigenvalue weighted by Crippen LogP contribution is -2.44. The number of hydrazine groups is 1. The van der Waals surface area contributed by atoms with Gasteiger partial charge in [0, 0.05) is 12.0 Å². The average molecular weight is 235 g/mol. The molecule has 1 rings (SSSR count). The van der Waals surface area contributed by atoms with Crippen LogP contribution in [0.25, 0.3) is 0 Å². The van der Waals surface area contributed by atoms with E-state index in [0.29, 0.717) is 6.54 Å². The number of rotatable bonds is 4. The number of nitrogens with one attached hydrogen (secondary N) is 2. The number of amides is 2. The van der Waals surface area contributed by atoms with E-state index >= 15 is 0 Å². The molecular formula is C13H21N3O. The van der Waals surface area contributed by atoms with Crippen molar-refractivity contribution in [3.63, 3.8) is 0 Å². The number of aryl methyl sites for hydroxylation is 1. The molecule has 0 heterocycles. The summed E-state index contributed by atoms with van der Waals surface area (Å²) in [6.07, 6.45) is 1.04. The van der Waals surface area contributed by atoms with Gasteiger partial charge in [-0.2, -0.15) is 0 Å². The van der Waals surface area contributed by atoms with Crippen LogP contribution in [0.1, 0.15) is 31.9 Å². The molecule has 17 heavy (non-hydrogen) atoms. The monoisotopic (exact) mass is 235 g/mol. The number of hydrogen-bond acceptors (Lipinski definition) is 2. The summed E-state index contributed by atoms with van der Waals surface area (Å²) in [6, 6.07) is 8.12. The summed E-state index contributed by atoms with van der Waals surface area (Å²) in [6.45, 7) is 6.85. The fourth-order valence-electron chi connectivity index (χ4n) is 1.65. The molecule has 0 saturated heterocycles. The maximum absolute atomic E-state index is 11.0. The Morgan fingerprint density at radius 1 is 1.29 bits per heavy atom. The van der Waals surface area contributed by atoms with Crippen LogP contribution in [0.4, 0.5) is 4.79 Å². The van der Waals surface area contributed by atoms with Gasteiger partial charge in [-0.25, -0.2) is 10.6 Å². The number of nitrogens with two attached hydrogens (primary N) is 1. The Kier molecular flexibility index (Phi) is 4.52. The van der Waals surface area contributed by atoms with Crippen molar-refractivity contribution < 1.29 is 4.79 Å². The lowest BCUT2D eigenvalue weighted by atomic mass is 9.84. The highest BCUT2D eigenvalue weighted by molar-refractivity contribution is 5.73. The van der Waals surface area contributed by atoms with E-state index in [1.807, 2.05) is 0 Å². The van der Waals surface area contributed by atoms with Gasteiger partial charge in [0.05, 0.1) is 0 Å². The van der Waals surface area contributed by atoms with E-state index in [-0.39, 0.29) is 11.4 Å². The van der Waals surface area contributed by atoms with Gasteiger partial charge >= 0.3 is 6.03 Å². The first-order chi connectivity index (χ1) is 7.99. The zero-order chi connectivity index (χ0) is 12.9. The van der Waals surface area contributed by atoms with E-state index < -0.39 is 0 Å². The Bertz CT molecular complexity index is 371. The van der Waals surface area contributed by atoms with Crippen LogP contribution in [-0.4, -0.2) is 12.6 Å². The van der Waals surface area contributed by atoms with Crippen LogP contribution in [0.5, 0.6) is 0 Å². The first-order valence-electron chi connectivity index (χ1n) is 5.83. The maximum atomic E-state index is 11.0. The highest BCUT2D eigenvalue weighted by atomic mass is 16.2. The molecule has 4 nitrogen and oxygen atoms in total. The maximum Gasteiger partial charge on any atom is 0.328 e. The Morgan fingerprint density at radius 3 is 2.35 bits per heavy atom. The molecule has 0 spiro atoms. The summed E-state index contributed by atoms with van der Waals surface area (Å²) in [5.41, 5.74) is 4.46. The molecule has 0 bridgehead atoms. The lowest BCUT2D eigenvalue weighted by molar-refractivity contribution is 0.238. The molecular weight excluding hydrogens is 214 g/mol. The van der Waals surface area contributed by atoms with E-state index in [9.17, 15) is 4.79 Å². The Balaban J connectivity index is 2.70. The molecule has 0 fully saturated rings. The number of urea groups is 1. The second-order valence-electron chi connectivity index (χ2n) is 4.76. The van der Waals surface area contributed by atoms with Crippen molar-refractivity contribution in [1.29, 1.82) is 0 Å². The Morgan fingerprint density at radius 2 is 1.88 bits per heavy atom. The van der Waals surface area contributed by atoms with Gasteiger partial charge in [0.2, 0.25) is 0 Å². The second-order valence-corrected chi connectivity index (χ2v) is 4.76. The topological polar surface area (TPSA) is 67.2 Å². The van der Waals surface area contributed by atoms with E-state index in [1.165, 1.54) is 11.1 Å². The number of hydrogen-bond donors (Lipinski definition) is 3. The minimum atomic E-state index is -0.358. The van der Waals surface area contributed by atoms with Crippen molar-refractivity contribution in [3.05, 3.63) is 35.4 Å². The highest BCUT2D eigenvalue weighted by Crippen LogP contribution is 2.22. The normalized spacial score (nSPS) is 11.1. The number of benzene rings is 1. The number of carbonyl (C=O) groups is 1. The summed E-state index contributed by atoms with van der Waals surface area (Å²) >= 11 is 0. The molecule has 4 N–H and O–H groups in total. The molecule has 2 amide bonds. The predicted octanol–water partition coefficient (Wildman–Crippen LogP) is 1.70. The van der Waals surface area contributed by atoms with Crippen molar-refractivity contribution in [2.45, 2.75) is 32.6 Å². The van der Waals surface area contributed by atoms with Gasteiger partial charge in [-0.3, -0.25) is 5.43 Å². The van der Waals surface area contributed by atoms with Crippen LogP contribution in [-0.2, 0) is 11.8 Å². The zero-order valence-electron chi connectivity index (χ0n) is 10.7. The van der Waals surface area contributed by atoms with Gasteiger partial charge in [0.25, 0.3) is 0 Å². The zero-order valence-corrected chi connectivity index (χ0v) is 10.7. The quantitative estimate of drug-likeness (QED) is 0.422. The minimum Gasteiger partial charge on any atom is -0.336 e. The van der Waals surface area contributed by atoms with Crippen LogP contribution in [0.3, 0.4) is 0 Å². The fraction of sp³-hybridized carbons (Fsp3) is 0.462. The summed E-state index contributed by atoms with van der Waals surface area (Å²) in [7, 11) is 0. The SMILES string of the molecule is CCc1ccc(C(C)(C)CNC(=O)NN)cc1. The lowest BCUT2D eigenvalue weighted by Gasteiger charge is -2.25. The predicted molar refractivity (Wildman–Crippen MR) is 69.6 cm³/mol. The van der Waals surface area contributed by atoms with Crippen molar-refractivity contribution in [2.75, 3.05) is 6.54 Å². The summed E-state index contributed by atoms with van der Waals surface area (Å²) in [5, 5.41) is 2.72. The molecule has 0 aliphatic rings. The van der Waals surface area contributed by atoms with Gasteiger partial charge in [-0.05, 0) is 17.5 Å². The molecule has 0 atom stereocenters. The van der Waals surface area contributed by atoms with E-state index in [2.05, 4.69) is 55.8 Å². The van der Waals surface area contributed by atoms with Gasteiger partial charge in [-0.15, -0.1) is 0 Å². The number of carbonyl (C=O) groups excluding carboxylic acids is 1. The van der Waals surface area contributed by atoms with Crippen LogP contribution >= 0.6 is 0 Å². The van der Waals surface area contributed by atoms with Crippen LogP contribution < -0.4 is 16.6 Å². The largest absolute Gasteiger partial charge is 0.336 e. The Labute approximate surface area is 103 Å². The molecule has 0 aliphatic carbocycles. The van der Waals surface area contributed by atoms with Crippen LogP contribution in [0, 0.1) is 0 Å². The molecule has 0 saturated carbocycles. The van der Waals surface area contributed by atoms with Gasteiger partial charge in [-0.1, -0.05) is 45.0 Å². The molecule has 0 aromatic heterocycles. The minimum absolute atomic E-state index is 0.112. The second kappa shape index (κ2) is 5.68. The third kappa shape index (κ3) is 3.75. The third-order valence-corrected chi connectivity index (χ3v) is 2.97. The van der Waals surface area contributed by atoms with Crippen LogP contribution in [0.15, 0.2) is 24.3 Å². The van der Waals surface area contributed by atoms with Gasteiger partial charge in [0.1, 0.15) is 0 Å². The first kappa shape index (κ1) is 13.5. The smallest absolute Gasteiger partial charge is 0.328 e. The molecule has 0 radical (unpaired) electrons. The average Bonchev–Trinajstić information content (AvgIpc) is 2.36. The van der Waals surface area contributed by atoms with Crippen molar-refractivity contribution >= 4 is 6.03 Å². The summed E-state index contributed by atoms with van der Waals surface area (Å²) in [4.78, 5) is 11.0. The fourth-order valence-corrected chi connectivity index (χ4v) is 1.65. The molecule has 1 aromatic rings. The molecule has 1 aromatic carbocycles. The van der Waals surface area contributed by atoms with Crippen molar-refractivity contribution in [1.82, 2.24) is 10.7 Å². The van der Waals surface area contributed by atoms with Gasteiger partial charge in [0.15, 0.2) is 0 Å².